The lowest BCUT2D eigenvalue weighted by Crippen LogP contribution is -2.40. The van der Waals surface area contributed by atoms with E-state index < -0.39 is 0 Å². The Balaban J connectivity index is 1.75. The van der Waals surface area contributed by atoms with E-state index in [0.29, 0.717) is 0 Å². The number of hydrogen-bond donors (Lipinski definition) is 1. The molecule has 0 unspecified atom stereocenters. The second-order valence-corrected chi connectivity index (χ2v) is 6.08. The zero-order valence-corrected chi connectivity index (χ0v) is 12.5. The molecule has 1 N–H and O–H groups in total. The fourth-order valence-electron chi connectivity index (χ4n) is 3.18. The molecule has 1 heterocycles. The third-order valence-electron chi connectivity index (χ3n) is 4.42. The molecule has 1 saturated heterocycles. The van der Waals surface area contributed by atoms with E-state index >= 15 is 0 Å². The van der Waals surface area contributed by atoms with Gasteiger partial charge in [-0.2, -0.15) is 0 Å². The smallest absolute Gasteiger partial charge is 0.0233 e. The zero-order valence-electron chi connectivity index (χ0n) is 12.5. The maximum atomic E-state index is 3.44. The van der Waals surface area contributed by atoms with E-state index in [0.717, 1.165) is 25.7 Å². The Morgan fingerprint density at radius 1 is 1.05 bits per heavy atom. The third kappa shape index (κ3) is 3.02. The number of hydrogen-bond acceptors (Lipinski definition) is 2. The molecule has 0 aromatic heterocycles. The number of aryl methyl sites for hydroxylation is 1. The largest absolute Gasteiger partial charge is 0.317 e. The van der Waals surface area contributed by atoms with Crippen molar-refractivity contribution in [1.82, 2.24) is 10.2 Å². The van der Waals surface area contributed by atoms with E-state index in [9.17, 15) is 0 Å². The Morgan fingerprint density at radius 3 is 2.55 bits per heavy atom. The molecule has 20 heavy (non-hydrogen) atoms. The standard InChI is InChI=1S/C18H24N2/c1-14-3-5-17-12-15(4-6-16(17)11-14)13-20(2)18-7-9-19-10-8-18/h3-6,11-12,18-19H,7-10,13H2,1-2H3. The summed E-state index contributed by atoms with van der Waals surface area (Å²) in [6, 6.07) is 14.3. The van der Waals surface area contributed by atoms with Gasteiger partial charge in [-0.25, -0.2) is 0 Å². The lowest BCUT2D eigenvalue weighted by atomic mass is 10.0. The van der Waals surface area contributed by atoms with E-state index in [2.05, 4.69) is 60.6 Å². The summed E-state index contributed by atoms with van der Waals surface area (Å²) in [6.45, 7) is 5.52. The predicted octanol–water partition coefficient (Wildman–Crippen LogP) is 3.33. The van der Waals surface area contributed by atoms with Crippen molar-refractivity contribution in [2.45, 2.75) is 32.4 Å². The third-order valence-corrected chi connectivity index (χ3v) is 4.42. The number of fused-ring (bicyclic) bond motifs is 1. The summed E-state index contributed by atoms with van der Waals surface area (Å²) in [5.41, 5.74) is 2.75. The SMILES string of the molecule is Cc1ccc2cc(CN(C)C3CCNCC3)ccc2c1. The number of nitrogens with zero attached hydrogens (tertiary/aromatic N) is 1. The summed E-state index contributed by atoms with van der Waals surface area (Å²) >= 11 is 0. The molecule has 106 valence electrons. The summed E-state index contributed by atoms with van der Waals surface area (Å²) in [6.07, 6.45) is 2.53. The van der Waals surface area contributed by atoms with E-state index in [4.69, 9.17) is 0 Å². The van der Waals surface area contributed by atoms with Crippen LogP contribution >= 0.6 is 0 Å². The highest BCUT2D eigenvalue weighted by Gasteiger charge is 2.17. The van der Waals surface area contributed by atoms with Crippen molar-refractivity contribution >= 4 is 10.8 Å². The Morgan fingerprint density at radius 2 is 1.75 bits per heavy atom. The van der Waals surface area contributed by atoms with Gasteiger partial charge in [-0.3, -0.25) is 4.90 Å². The van der Waals surface area contributed by atoms with Crippen LogP contribution in [0.2, 0.25) is 0 Å². The first-order valence-electron chi connectivity index (χ1n) is 7.62. The molecule has 1 aliphatic heterocycles. The van der Waals surface area contributed by atoms with E-state index in [1.54, 1.807) is 0 Å². The Kier molecular flexibility index (Phi) is 4.04. The molecule has 0 radical (unpaired) electrons. The summed E-state index contributed by atoms with van der Waals surface area (Å²) in [4.78, 5) is 2.51. The highest BCUT2D eigenvalue weighted by Crippen LogP contribution is 2.20. The second kappa shape index (κ2) is 5.94. The summed E-state index contributed by atoms with van der Waals surface area (Å²) < 4.78 is 0. The Labute approximate surface area is 121 Å². The van der Waals surface area contributed by atoms with Gasteiger partial charge in [-0.15, -0.1) is 0 Å². The molecular formula is C18H24N2. The zero-order chi connectivity index (χ0) is 13.9. The van der Waals surface area contributed by atoms with E-state index in [1.165, 1.54) is 34.7 Å². The molecule has 0 amide bonds. The van der Waals surface area contributed by atoms with Gasteiger partial charge in [0, 0.05) is 12.6 Å². The molecule has 0 atom stereocenters. The van der Waals surface area contributed by atoms with Crippen molar-refractivity contribution in [3.63, 3.8) is 0 Å². The predicted molar refractivity (Wildman–Crippen MR) is 86.0 cm³/mol. The summed E-state index contributed by atoms with van der Waals surface area (Å²) in [5.74, 6) is 0. The topological polar surface area (TPSA) is 15.3 Å². The number of nitrogens with one attached hydrogen (secondary N) is 1. The second-order valence-electron chi connectivity index (χ2n) is 6.08. The van der Waals surface area contributed by atoms with Crippen LogP contribution in [0.4, 0.5) is 0 Å². The first-order valence-corrected chi connectivity index (χ1v) is 7.62. The lowest BCUT2D eigenvalue weighted by Gasteiger charge is -2.31. The summed E-state index contributed by atoms with van der Waals surface area (Å²) in [5, 5.41) is 6.14. The van der Waals surface area contributed by atoms with Gasteiger partial charge in [0.05, 0.1) is 0 Å². The molecule has 2 aromatic rings. The highest BCUT2D eigenvalue weighted by molar-refractivity contribution is 5.83. The Bertz CT molecular complexity index is 585. The maximum absolute atomic E-state index is 3.44. The van der Waals surface area contributed by atoms with Crippen LogP contribution in [0.1, 0.15) is 24.0 Å². The molecule has 3 rings (SSSR count). The van der Waals surface area contributed by atoms with Crippen LogP contribution in [0.5, 0.6) is 0 Å². The molecule has 0 bridgehead atoms. The minimum absolute atomic E-state index is 0.727. The lowest BCUT2D eigenvalue weighted by molar-refractivity contribution is 0.192. The fraction of sp³-hybridized carbons (Fsp3) is 0.444. The number of rotatable bonds is 3. The molecule has 0 spiro atoms. The minimum Gasteiger partial charge on any atom is -0.317 e. The van der Waals surface area contributed by atoms with Gasteiger partial charge < -0.3 is 5.32 Å². The highest BCUT2D eigenvalue weighted by atomic mass is 15.1. The van der Waals surface area contributed by atoms with E-state index in [1.807, 2.05) is 0 Å². The maximum Gasteiger partial charge on any atom is 0.0233 e. The Hall–Kier alpha value is -1.38. The van der Waals surface area contributed by atoms with Crippen molar-refractivity contribution in [2.75, 3.05) is 20.1 Å². The van der Waals surface area contributed by atoms with Crippen molar-refractivity contribution in [3.05, 3.63) is 47.5 Å². The fourth-order valence-corrected chi connectivity index (χ4v) is 3.18. The molecule has 0 aliphatic carbocycles. The van der Waals surface area contributed by atoms with Crippen LogP contribution in [-0.4, -0.2) is 31.1 Å². The van der Waals surface area contributed by atoms with Crippen LogP contribution in [0.15, 0.2) is 36.4 Å². The average molecular weight is 268 g/mol. The molecular weight excluding hydrogens is 244 g/mol. The molecule has 2 heteroatoms. The van der Waals surface area contributed by atoms with Crippen molar-refractivity contribution in [2.24, 2.45) is 0 Å². The van der Waals surface area contributed by atoms with Gasteiger partial charge in [0.1, 0.15) is 0 Å². The van der Waals surface area contributed by atoms with Gasteiger partial charge in [0.15, 0.2) is 0 Å². The molecule has 1 fully saturated rings. The van der Waals surface area contributed by atoms with Gasteiger partial charge in [0.2, 0.25) is 0 Å². The molecule has 2 nitrogen and oxygen atoms in total. The molecule has 0 saturated carbocycles. The normalized spacial score (nSPS) is 16.9. The van der Waals surface area contributed by atoms with Crippen LogP contribution in [-0.2, 0) is 6.54 Å². The van der Waals surface area contributed by atoms with Crippen LogP contribution in [0.25, 0.3) is 10.8 Å². The number of piperidine rings is 1. The minimum atomic E-state index is 0.727. The van der Waals surface area contributed by atoms with Crippen molar-refractivity contribution < 1.29 is 0 Å². The van der Waals surface area contributed by atoms with Gasteiger partial charge in [-0.05, 0) is 62.3 Å². The average Bonchev–Trinajstić information content (AvgIpc) is 2.48. The first-order chi connectivity index (χ1) is 9.72. The summed E-state index contributed by atoms with van der Waals surface area (Å²) in [7, 11) is 2.26. The van der Waals surface area contributed by atoms with Crippen LogP contribution in [0.3, 0.4) is 0 Å². The first kappa shape index (κ1) is 13.6. The van der Waals surface area contributed by atoms with Crippen LogP contribution < -0.4 is 5.32 Å². The van der Waals surface area contributed by atoms with Gasteiger partial charge in [-0.1, -0.05) is 35.9 Å². The molecule has 2 aromatic carbocycles. The van der Waals surface area contributed by atoms with Gasteiger partial charge >= 0.3 is 0 Å². The van der Waals surface area contributed by atoms with E-state index in [-0.39, 0.29) is 0 Å². The van der Waals surface area contributed by atoms with Crippen molar-refractivity contribution in [3.8, 4) is 0 Å². The van der Waals surface area contributed by atoms with Crippen LogP contribution in [0, 0.1) is 6.92 Å². The van der Waals surface area contributed by atoms with Gasteiger partial charge in [0.25, 0.3) is 0 Å². The monoisotopic (exact) mass is 268 g/mol. The van der Waals surface area contributed by atoms with Crippen molar-refractivity contribution in [1.29, 1.82) is 0 Å². The quantitative estimate of drug-likeness (QED) is 0.918. The molecule has 1 aliphatic rings. The number of benzene rings is 2.